The largest absolute Gasteiger partial charge is 0.349 e. The summed E-state index contributed by atoms with van der Waals surface area (Å²) >= 11 is 5.88. The number of benzene rings is 1. The minimum Gasteiger partial charge on any atom is -0.349 e. The van der Waals surface area contributed by atoms with E-state index in [-0.39, 0.29) is 27.4 Å². The zero-order chi connectivity index (χ0) is 13.5. The molecule has 1 aliphatic rings. The number of carbonyl (C=O) groups is 1. The highest BCUT2D eigenvalue weighted by Crippen LogP contribution is 2.29. The van der Waals surface area contributed by atoms with Gasteiger partial charge in [-0.2, -0.15) is 0 Å². The second kappa shape index (κ2) is 4.72. The summed E-state index contributed by atoms with van der Waals surface area (Å²) in [5, 5.41) is 2.82. The van der Waals surface area contributed by atoms with E-state index >= 15 is 0 Å². The molecule has 1 aromatic carbocycles. The Balaban J connectivity index is 2.43. The van der Waals surface area contributed by atoms with Gasteiger partial charge in [0.15, 0.2) is 0 Å². The molecule has 0 unspecified atom stereocenters. The molecule has 98 valence electrons. The molecule has 1 aromatic rings. The number of aryl methyl sites for hydroxylation is 1. The third-order valence-electron chi connectivity index (χ3n) is 2.66. The third kappa shape index (κ3) is 2.96. The summed E-state index contributed by atoms with van der Waals surface area (Å²) in [5.74, 6) is -0.307. The predicted molar refractivity (Wildman–Crippen MR) is 69.7 cm³/mol. The van der Waals surface area contributed by atoms with Crippen LogP contribution in [0.4, 0.5) is 0 Å². The maximum absolute atomic E-state index is 11.8. The molecule has 18 heavy (non-hydrogen) atoms. The van der Waals surface area contributed by atoms with Crippen LogP contribution in [0.1, 0.15) is 28.8 Å². The second-order valence-electron chi connectivity index (χ2n) is 4.29. The topological polar surface area (TPSA) is 63.2 Å². The molecule has 0 radical (unpaired) electrons. The summed E-state index contributed by atoms with van der Waals surface area (Å²) in [7, 11) is 1.32. The van der Waals surface area contributed by atoms with E-state index in [1.165, 1.54) is 6.07 Å². The van der Waals surface area contributed by atoms with Crippen molar-refractivity contribution in [3.8, 4) is 0 Å². The molecule has 1 amide bonds. The van der Waals surface area contributed by atoms with Crippen molar-refractivity contribution in [2.75, 3.05) is 0 Å². The first-order valence-corrected chi connectivity index (χ1v) is 8.03. The number of amides is 1. The van der Waals surface area contributed by atoms with Gasteiger partial charge in [0.25, 0.3) is 15.0 Å². The molecule has 0 heterocycles. The van der Waals surface area contributed by atoms with Crippen molar-refractivity contribution in [3.63, 3.8) is 0 Å². The lowest BCUT2D eigenvalue weighted by molar-refractivity contribution is 0.0951. The van der Waals surface area contributed by atoms with Crippen LogP contribution in [-0.4, -0.2) is 20.4 Å². The summed E-state index contributed by atoms with van der Waals surface area (Å²) in [6.07, 6.45) is 1.91. The number of hydrogen-bond acceptors (Lipinski definition) is 3. The van der Waals surface area contributed by atoms with Gasteiger partial charge in [0.1, 0.15) is 4.90 Å². The molecule has 7 heteroatoms. The first-order valence-electron chi connectivity index (χ1n) is 5.34. The molecule has 0 atom stereocenters. The highest BCUT2D eigenvalue weighted by Gasteiger charge is 2.25. The molecule has 0 saturated heterocycles. The lowest BCUT2D eigenvalue weighted by Gasteiger charge is -2.08. The van der Waals surface area contributed by atoms with E-state index in [1.54, 1.807) is 13.0 Å². The number of hydrogen-bond donors (Lipinski definition) is 1. The quantitative estimate of drug-likeness (QED) is 0.873. The van der Waals surface area contributed by atoms with Crippen LogP contribution in [0.15, 0.2) is 17.0 Å². The number of carbonyl (C=O) groups excluding carboxylic acids is 1. The van der Waals surface area contributed by atoms with Gasteiger partial charge < -0.3 is 5.32 Å². The second-order valence-corrected chi connectivity index (χ2v) is 7.20. The fraction of sp³-hybridized carbons (Fsp3) is 0.364. The molecule has 2 rings (SSSR count). The molecule has 0 aliphatic heterocycles. The van der Waals surface area contributed by atoms with Crippen LogP contribution < -0.4 is 5.32 Å². The van der Waals surface area contributed by atoms with E-state index in [0.29, 0.717) is 5.56 Å². The van der Waals surface area contributed by atoms with Crippen molar-refractivity contribution >= 4 is 37.2 Å². The summed E-state index contributed by atoms with van der Waals surface area (Å²) < 4.78 is 22.7. The number of halogens is 2. The van der Waals surface area contributed by atoms with E-state index in [2.05, 4.69) is 5.32 Å². The van der Waals surface area contributed by atoms with Gasteiger partial charge in [-0.1, -0.05) is 11.6 Å². The summed E-state index contributed by atoms with van der Waals surface area (Å²) in [4.78, 5) is 11.6. The van der Waals surface area contributed by atoms with Crippen LogP contribution in [0, 0.1) is 6.92 Å². The molecule has 0 aromatic heterocycles. The normalized spacial score (nSPS) is 15.5. The van der Waals surface area contributed by atoms with E-state index in [9.17, 15) is 13.2 Å². The van der Waals surface area contributed by atoms with Crippen molar-refractivity contribution in [2.45, 2.75) is 30.7 Å². The van der Waals surface area contributed by atoms with Crippen LogP contribution in [0.25, 0.3) is 0 Å². The Morgan fingerprint density at radius 2 is 2.00 bits per heavy atom. The Hall–Kier alpha value is -0.780. The Kier molecular flexibility index (Phi) is 3.58. The van der Waals surface area contributed by atoms with E-state index in [4.69, 9.17) is 22.3 Å². The van der Waals surface area contributed by atoms with Gasteiger partial charge >= 0.3 is 0 Å². The number of rotatable bonds is 3. The van der Waals surface area contributed by atoms with Crippen LogP contribution in [0.2, 0.25) is 5.02 Å². The summed E-state index contributed by atoms with van der Waals surface area (Å²) in [6.45, 7) is 1.63. The van der Waals surface area contributed by atoms with Crippen LogP contribution in [0.3, 0.4) is 0 Å². The predicted octanol–water partition coefficient (Wildman–Crippen LogP) is 2.47. The minimum absolute atomic E-state index is 0.0490. The van der Waals surface area contributed by atoms with Gasteiger partial charge in [-0.25, -0.2) is 8.42 Å². The van der Waals surface area contributed by atoms with Crippen molar-refractivity contribution < 1.29 is 13.2 Å². The van der Waals surface area contributed by atoms with E-state index in [1.807, 2.05) is 0 Å². The summed E-state index contributed by atoms with van der Waals surface area (Å²) in [5.41, 5.74) is 0.752. The van der Waals surface area contributed by atoms with Gasteiger partial charge in [-0.05, 0) is 37.5 Å². The fourth-order valence-corrected chi connectivity index (χ4v) is 3.08. The highest BCUT2D eigenvalue weighted by molar-refractivity contribution is 8.13. The first-order chi connectivity index (χ1) is 8.29. The zero-order valence-electron chi connectivity index (χ0n) is 9.54. The maximum Gasteiger partial charge on any atom is 0.262 e. The molecule has 1 saturated carbocycles. The molecule has 4 nitrogen and oxygen atoms in total. The van der Waals surface area contributed by atoms with Crippen LogP contribution in [0.5, 0.6) is 0 Å². The SMILES string of the molecule is Cc1cc(C(=O)NC2CC2)cc(S(=O)(=O)Cl)c1Cl. The van der Waals surface area contributed by atoms with Crippen molar-refractivity contribution in [3.05, 3.63) is 28.3 Å². The monoisotopic (exact) mass is 307 g/mol. The molecule has 1 fully saturated rings. The third-order valence-corrected chi connectivity index (χ3v) is 4.62. The average molecular weight is 308 g/mol. The highest BCUT2D eigenvalue weighted by atomic mass is 35.7. The van der Waals surface area contributed by atoms with E-state index < -0.39 is 9.05 Å². The van der Waals surface area contributed by atoms with Crippen LogP contribution >= 0.6 is 22.3 Å². The molecule has 0 spiro atoms. The first kappa shape index (κ1) is 13.6. The molecule has 1 N–H and O–H groups in total. The Bertz CT molecular complexity index is 609. The molecular weight excluding hydrogens is 297 g/mol. The van der Waals surface area contributed by atoms with Gasteiger partial charge in [-0.15, -0.1) is 0 Å². The minimum atomic E-state index is -3.96. The summed E-state index contributed by atoms with van der Waals surface area (Å²) in [6, 6.07) is 2.95. The fourth-order valence-electron chi connectivity index (χ4n) is 1.54. The zero-order valence-corrected chi connectivity index (χ0v) is 11.9. The van der Waals surface area contributed by atoms with Gasteiger partial charge in [0.2, 0.25) is 0 Å². The standard InChI is InChI=1S/C11H11Cl2NO3S/c1-6-4-7(11(15)14-8-2-3-8)5-9(10(6)12)18(13,16)17/h4-5,8H,2-3H2,1H3,(H,14,15). The lowest BCUT2D eigenvalue weighted by atomic mass is 10.1. The van der Waals surface area contributed by atoms with Crippen molar-refractivity contribution in [2.24, 2.45) is 0 Å². The van der Waals surface area contributed by atoms with E-state index in [0.717, 1.165) is 12.8 Å². The van der Waals surface area contributed by atoms with Gasteiger partial charge in [0.05, 0.1) is 5.02 Å². The van der Waals surface area contributed by atoms with Gasteiger partial charge in [0, 0.05) is 22.3 Å². The lowest BCUT2D eigenvalue weighted by Crippen LogP contribution is -2.25. The average Bonchev–Trinajstić information content (AvgIpc) is 3.03. The van der Waals surface area contributed by atoms with Crippen molar-refractivity contribution in [1.82, 2.24) is 5.32 Å². The van der Waals surface area contributed by atoms with Crippen LogP contribution in [-0.2, 0) is 9.05 Å². The Labute approximate surface area is 115 Å². The maximum atomic E-state index is 11.8. The Morgan fingerprint density at radius 3 is 2.50 bits per heavy atom. The van der Waals surface area contributed by atoms with Crippen molar-refractivity contribution in [1.29, 1.82) is 0 Å². The van der Waals surface area contributed by atoms with Gasteiger partial charge in [-0.3, -0.25) is 4.79 Å². The smallest absolute Gasteiger partial charge is 0.262 e. The Morgan fingerprint density at radius 1 is 1.39 bits per heavy atom. The molecule has 1 aliphatic carbocycles. The molecular formula is C11H11Cl2NO3S. The molecule has 0 bridgehead atoms. The number of nitrogens with one attached hydrogen (secondary N) is 1.